The number of nitrogens with zero attached hydrogens (tertiary/aromatic N) is 4. The lowest BCUT2D eigenvalue weighted by Gasteiger charge is -2.13. The highest BCUT2D eigenvalue weighted by Gasteiger charge is 2.28. The van der Waals surface area contributed by atoms with Gasteiger partial charge in [-0.25, -0.2) is 0 Å². The van der Waals surface area contributed by atoms with Gasteiger partial charge in [-0.1, -0.05) is 5.21 Å². The molecule has 2 rings (SSSR count). The van der Waals surface area contributed by atoms with E-state index in [4.69, 9.17) is 9.84 Å². The highest BCUT2D eigenvalue weighted by molar-refractivity contribution is 5.92. The molecule has 0 bridgehead atoms. The van der Waals surface area contributed by atoms with Crippen molar-refractivity contribution in [3.05, 3.63) is 11.9 Å². The van der Waals surface area contributed by atoms with Crippen LogP contribution in [0, 0.1) is 0 Å². The van der Waals surface area contributed by atoms with Crippen molar-refractivity contribution in [2.75, 3.05) is 26.8 Å². The number of aryl methyl sites for hydroxylation is 1. The Hall–Kier alpha value is -1.47. The Morgan fingerprint density at radius 2 is 2.35 bits per heavy atom. The maximum Gasteiger partial charge on any atom is 0.276 e. The molecule has 2 heterocycles. The third kappa shape index (κ3) is 3.77. The number of methoxy groups -OCH3 is 1. The van der Waals surface area contributed by atoms with Gasteiger partial charge in [0.2, 0.25) is 0 Å². The molecule has 20 heavy (non-hydrogen) atoms. The maximum atomic E-state index is 12.2. The Balaban J connectivity index is 1.83. The van der Waals surface area contributed by atoms with Gasteiger partial charge in [-0.05, 0) is 25.7 Å². The third-order valence-corrected chi connectivity index (χ3v) is 3.57. The first-order chi connectivity index (χ1) is 9.74. The number of aromatic nitrogens is 3. The Morgan fingerprint density at radius 1 is 1.50 bits per heavy atom. The van der Waals surface area contributed by atoms with Crippen LogP contribution in [0.2, 0.25) is 0 Å². The molecule has 1 N–H and O–H groups in total. The lowest BCUT2D eigenvalue weighted by molar-refractivity contribution is 0.0719. The maximum absolute atomic E-state index is 12.2. The molecule has 0 aromatic carbocycles. The van der Waals surface area contributed by atoms with E-state index in [0.29, 0.717) is 18.8 Å². The van der Waals surface area contributed by atoms with Crippen molar-refractivity contribution < 1.29 is 14.6 Å². The smallest absolute Gasteiger partial charge is 0.276 e. The number of carbonyl (C=O) groups excluding carboxylic acids is 1. The zero-order valence-electron chi connectivity index (χ0n) is 11.9. The quantitative estimate of drug-likeness (QED) is 0.728. The first kappa shape index (κ1) is 14.9. The van der Waals surface area contributed by atoms with E-state index >= 15 is 0 Å². The van der Waals surface area contributed by atoms with Crippen LogP contribution < -0.4 is 0 Å². The molecule has 0 radical (unpaired) electrons. The van der Waals surface area contributed by atoms with Crippen LogP contribution in [0.5, 0.6) is 0 Å². The number of aliphatic hydroxyl groups excluding tert-OH is 1. The minimum atomic E-state index is -0.0776. The lowest BCUT2D eigenvalue weighted by atomic mass is 10.2. The van der Waals surface area contributed by atoms with E-state index in [0.717, 1.165) is 32.2 Å². The fraction of sp³-hybridized carbons (Fsp3) is 0.769. The molecule has 7 heteroatoms. The number of unbranched alkanes of at least 4 members (excludes halogenated alkanes) is 2. The van der Waals surface area contributed by atoms with Gasteiger partial charge >= 0.3 is 0 Å². The number of rotatable bonds is 7. The number of carbonyl (C=O) groups is 1. The second-order valence-corrected chi connectivity index (χ2v) is 5.05. The minimum Gasteiger partial charge on any atom is -0.396 e. The van der Waals surface area contributed by atoms with Crippen LogP contribution in [0.25, 0.3) is 0 Å². The monoisotopic (exact) mass is 282 g/mol. The Bertz CT molecular complexity index is 435. The van der Waals surface area contributed by atoms with Crippen LogP contribution in [0.3, 0.4) is 0 Å². The zero-order valence-corrected chi connectivity index (χ0v) is 11.9. The second-order valence-electron chi connectivity index (χ2n) is 5.05. The molecule has 7 nitrogen and oxygen atoms in total. The van der Waals surface area contributed by atoms with Crippen LogP contribution in [0.15, 0.2) is 6.20 Å². The zero-order chi connectivity index (χ0) is 14.4. The van der Waals surface area contributed by atoms with Gasteiger partial charge < -0.3 is 14.7 Å². The number of aliphatic hydroxyl groups is 1. The molecule has 112 valence electrons. The molecular weight excluding hydrogens is 260 g/mol. The molecule has 1 aliphatic heterocycles. The number of hydrogen-bond donors (Lipinski definition) is 1. The van der Waals surface area contributed by atoms with Crippen molar-refractivity contribution in [1.82, 2.24) is 19.9 Å². The molecular formula is C13H22N4O3. The lowest BCUT2D eigenvalue weighted by Crippen LogP contribution is -2.30. The van der Waals surface area contributed by atoms with Gasteiger partial charge in [0.05, 0.1) is 12.3 Å². The summed E-state index contributed by atoms with van der Waals surface area (Å²) in [5, 5.41) is 16.6. The molecule has 1 aromatic heterocycles. The predicted octanol–water partition coefficient (Wildman–Crippen LogP) is 0.302. The van der Waals surface area contributed by atoms with Gasteiger partial charge in [-0.2, -0.15) is 0 Å². The van der Waals surface area contributed by atoms with Gasteiger partial charge in [0.1, 0.15) is 0 Å². The van der Waals surface area contributed by atoms with Gasteiger partial charge in [0.15, 0.2) is 5.69 Å². The topological polar surface area (TPSA) is 80.5 Å². The summed E-state index contributed by atoms with van der Waals surface area (Å²) >= 11 is 0. The predicted molar refractivity (Wildman–Crippen MR) is 72.3 cm³/mol. The van der Waals surface area contributed by atoms with Crippen molar-refractivity contribution in [3.63, 3.8) is 0 Å². The van der Waals surface area contributed by atoms with Crippen molar-refractivity contribution in [2.24, 2.45) is 0 Å². The van der Waals surface area contributed by atoms with Gasteiger partial charge in [-0.15, -0.1) is 5.10 Å². The fourth-order valence-electron chi connectivity index (χ4n) is 2.34. The van der Waals surface area contributed by atoms with Crippen molar-refractivity contribution in [2.45, 2.75) is 38.3 Å². The summed E-state index contributed by atoms with van der Waals surface area (Å²) in [4.78, 5) is 14.0. The van der Waals surface area contributed by atoms with E-state index in [9.17, 15) is 4.79 Å². The van der Waals surface area contributed by atoms with Crippen LogP contribution in [0.4, 0.5) is 0 Å². The molecule has 0 spiro atoms. The number of likely N-dealkylation sites (tertiary alicyclic amines) is 1. The standard InChI is InChI=1S/C13H22N4O3/c1-20-11-5-7-16(9-11)13(19)12-10-17(15-14-12)6-3-2-4-8-18/h10-11,18H,2-9H2,1H3. The summed E-state index contributed by atoms with van der Waals surface area (Å²) in [6, 6.07) is 0. The molecule has 0 aliphatic carbocycles. The van der Waals surface area contributed by atoms with Crippen LogP contribution in [-0.4, -0.2) is 63.8 Å². The summed E-state index contributed by atoms with van der Waals surface area (Å²) in [5.41, 5.74) is 0.393. The first-order valence-electron chi connectivity index (χ1n) is 7.07. The van der Waals surface area contributed by atoms with Crippen LogP contribution in [0.1, 0.15) is 36.2 Å². The molecule has 1 atom stereocenters. The van der Waals surface area contributed by atoms with Gasteiger partial charge in [0, 0.05) is 33.4 Å². The van der Waals surface area contributed by atoms with Gasteiger partial charge in [-0.3, -0.25) is 9.48 Å². The van der Waals surface area contributed by atoms with E-state index in [-0.39, 0.29) is 18.6 Å². The van der Waals surface area contributed by atoms with Crippen LogP contribution in [-0.2, 0) is 11.3 Å². The second kappa shape index (κ2) is 7.35. The normalized spacial score (nSPS) is 18.7. The highest BCUT2D eigenvalue weighted by Crippen LogP contribution is 2.14. The summed E-state index contributed by atoms with van der Waals surface area (Å²) in [5.74, 6) is -0.0776. The number of hydrogen-bond acceptors (Lipinski definition) is 5. The summed E-state index contributed by atoms with van der Waals surface area (Å²) in [6.07, 6.45) is 5.37. The van der Waals surface area contributed by atoms with Crippen molar-refractivity contribution in [1.29, 1.82) is 0 Å². The number of amides is 1. The molecule has 1 fully saturated rings. The summed E-state index contributed by atoms with van der Waals surface area (Å²) < 4.78 is 6.94. The molecule has 1 saturated heterocycles. The molecule has 1 unspecified atom stereocenters. The Labute approximate surface area is 118 Å². The average Bonchev–Trinajstić information content (AvgIpc) is 3.12. The van der Waals surface area contributed by atoms with E-state index in [2.05, 4.69) is 10.3 Å². The fourth-order valence-corrected chi connectivity index (χ4v) is 2.34. The van der Waals surface area contributed by atoms with E-state index in [1.165, 1.54) is 0 Å². The van der Waals surface area contributed by atoms with E-state index < -0.39 is 0 Å². The van der Waals surface area contributed by atoms with Gasteiger partial charge in [0.25, 0.3) is 5.91 Å². The average molecular weight is 282 g/mol. The number of ether oxygens (including phenoxy) is 1. The molecule has 1 aromatic rings. The first-order valence-corrected chi connectivity index (χ1v) is 7.07. The minimum absolute atomic E-state index is 0.0776. The third-order valence-electron chi connectivity index (χ3n) is 3.57. The summed E-state index contributed by atoms with van der Waals surface area (Å²) in [6.45, 7) is 2.27. The summed E-state index contributed by atoms with van der Waals surface area (Å²) in [7, 11) is 1.67. The Kier molecular flexibility index (Phi) is 5.49. The molecule has 0 saturated carbocycles. The van der Waals surface area contributed by atoms with Crippen LogP contribution >= 0.6 is 0 Å². The SMILES string of the molecule is COC1CCN(C(=O)c2cn(CCCCCO)nn2)C1. The van der Waals surface area contributed by atoms with E-state index in [1.807, 2.05) is 0 Å². The Morgan fingerprint density at radius 3 is 3.05 bits per heavy atom. The molecule has 1 aliphatic rings. The van der Waals surface area contributed by atoms with E-state index in [1.54, 1.807) is 22.9 Å². The van der Waals surface area contributed by atoms with Crippen molar-refractivity contribution >= 4 is 5.91 Å². The molecule has 1 amide bonds. The van der Waals surface area contributed by atoms with Crippen molar-refractivity contribution in [3.8, 4) is 0 Å². The largest absolute Gasteiger partial charge is 0.396 e. The highest BCUT2D eigenvalue weighted by atomic mass is 16.5.